The molecule has 0 aliphatic carbocycles. The van der Waals surface area contributed by atoms with Gasteiger partial charge in [-0.05, 0) is 12.8 Å². The Labute approximate surface area is 67.4 Å². The van der Waals surface area contributed by atoms with Gasteiger partial charge in [-0.25, -0.2) is 0 Å². The molecule has 0 spiro atoms. The molecule has 0 saturated carbocycles. The molecule has 0 saturated heterocycles. The average Bonchev–Trinajstić information content (AvgIpc) is 2.04. The molecular weight excluding hydrogens is 140 g/mol. The Morgan fingerprint density at radius 3 is 2.82 bits per heavy atom. The predicted octanol–water partition coefficient (Wildman–Crippen LogP) is 1.21. The Bertz CT molecular complexity index is 149. The standard InChI is InChI=1S/C8H14N2O/c1-2-8(11)10-7-5-3-4-6-9/h2-5,7H2,1H3,(H,10,11). The van der Waals surface area contributed by atoms with E-state index in [0.717, 1.165) is 12.8 Å². The van der Waals surface area contributed by atoms with E-state index in [1.54, 1.807) is 0 Å². The highest BCUT2D eigenvalue weighted by atomic mass is 16.1. The van der Waals surface area contributed by atoms with E-state index in [4.69, 9.17) is 5.26 Å². The lowest BCUT2D eigenvalue weighted by molar-refractivity contribution is -0.120. The summed E-state index contributed by atoms with van der Waals surface area (Å²) in [5, 5.41) is 10.9. The van der Waals surface area contributed by atoms with Gasteiger partial charge in [0.15, 0.2) is 0 Å². The van der Waals surface area contributed by atoms with Crippen molar-refractivity contribution >= 4 is 5.91 Å². The van der Waals surface area contributed by atoms with Crippen molar-refractivity contribution in [1.82, 2.24) is 5.32 Å². The maximum absolute atomic E-state index is 10.7. The number of nitrogens with one attached hydrogen (secondary N) is 1. The van der Waals surface area contributed by atoms with Crippen LogP contribution in [0.5, 0.6) is 0 Å². The smallest absolute Gasteiger partial charge is 0.219 e. The number of amides is 1. The Hall–Kier alpha value is -1.04. The summed E-state index contributed by atoms with van der Waals surface area (Å²) < 4.78 is 0. The van der Waals surface area contributed by atoms with Crippen molar-refractivity contribution in [3.63, 3.8) is 0 Å². The fourth-order valence-corrected chi connectivity index (χ4v) is 0.682. The molecule has 3 heteroatoms. The Morgan fingerprint density at radius 2 is 2.27 bits per heavy atom. The van der Waals surface area contributed by atoms with Crippen LogP contribution >= 0.6 is 0 Å². The molecule has 1 amide bonds. The molecule has 0 heterocycles. The number of nitrogens with zero attached hydrogens (tertiary/aromatic N) is 1. The number of unbranched alkanes of at least 4 members (excludes halogenated alkanes) is 2. The van der Waals surface area contributed by atoms with Crippen LogP contribution in [0.4, 0.5) is 0 Å². The number of hydrogen-bond donors (Lipinski definition) is 1. The Kier molecular flexibility index (Phi) is 6.40. The zero-order valence-electron chi connectivity index (χ0n) is 6.89. The van der Waals surface area contributed by atoms with E-state index in [-0.39, 0.29) is 5.91 Å². The van der Waals surface area contributed by atoms with Gasteiger partial charge in [0.1, 0.15) is 0 Å². The van der Waals surface area contributed by atoms with Crippen LogP contribution in [-0.4, -0.2) is 12.5 Å². The van der Waals surface area contributed by atoms with Gasteiger partial charge in [0.25, 0.3) is 0 Å². The summed E-state index contributed by atoms with van der Waals surface area (Å²) >= 11 is 0. The molecule has 0 atom stereocenters. The average molecular weight is 154 g/mol. The van der Waals surface area contributed by atoms with Crippen molar-refractivity contribution in [3.8, 4) is 6.07 Å². The van der Waals surface area contributed by atoms with E-state index in [1.807, 2.05) is 6.92 Å². The van der Waals surface area contributed by atoms with Gasteiger partial charge in [-0.1, -0.05) is 6.92 Å². The van der Waals surface area contributed by atoms with Crippen molar-refractivity contribution < 1.29 is 4.79 Å². The van der Waals surface area contributed by atoms with Gasteiger partial charge in [-0.3, -0.25) is 4.79 Å². The molecule has 0 aliphatic rings. The maximum atomic E-state index is 10.7. The van der Waals surface area contributed by atoms with E-state index in [9.17, 15) is 4.79 Å². The van der Waals surface area contributed by atoms with Crippen molar-refractivity contribution in [2.75, 3.05) is 6.54 Å². The van der Waals surface area contributed by atoms with Crippen LogP contribution in [0.2, 0.25) is 0 Å². The van der Waals surface area contributed by atoms with Gasteiger partial charge in [0.05, 0.1) is 6.07 Å². The second kappa shape index (κ2) is 7.07. The number of hydrogen-bond acceptors (Lipinski definition) is 2. The van der Waals surface area contributed by atoms with E-state index in [2.05, 4.69) is 11.4 Å². The summed E-state index contributed by atoms with van der Waals surface area (Å²) in [6, 6.07) is 2.06. The van der Waals surface area contributed by atoms with E-state index in [0.29, 0.717) is 19.4 Å². The largest absolute Gasteiger partial charge is 0.356 e. The van der Waals surface area contributed by atoms with Crippen molar-refractivity contribution in [3.05, 3.63) is 0 Å². The first-order valence-corrected chi connectivity index (χ1v) is 3.95. The highest BCUT2D eigenvalue weighted by molar-refractivity contribution is 5.75. The summed E-state index contributed by atoms with van der Waals surface area (Å²) in [6.07, 6.45) is 2.90. The van der Waals surface area contributed by atoms with Crippen LogP contribution < -0.4 is 5.32 Å². The van der Waals surface area contributed by atoms with Crippen LogP contribution in [-0.2, 0) is 4.79 Å². The molecule has 62 valence electrons. The van der Waals surface area contributed by atoms with Gasteiger partial charge in [0, 0.05) is 19.4 Å². The molecule has 0 fully saturated rings. The van der Waals surface area contributed by atoms with Crippen molar-refractivity contribution in [2.45, 2.75) is 32.6 Å². The molecular formula is C8H14N2O. The highest BCUT2D eigenvalue weighted by Gasteiger charge is 1.93. The second-order valence-electron chi connectivity index (χ2n) is 2.32. The minimum Gasteiger partial charge on any atom is -0.356 e. The molecule has 11 heavy (non-hydrogen) atoms. The molecule has 0 aromatic rings. The maximum Gasteiger partial charge on any atom is 0.219 e. The van der Waals surface area contributed by atoms with Crippen molar-refractivity contribution in [1.29, 1.82) is 5.26 Å². The molecule has 0 aliphatic heterocycles. The third-order valence-electron chi connectivity index (χ3n) is 1.36. The Morgan fingerprint density at radius 1 is 1.55 bits per heavy atom. The van der Waals surface area contributed by atoms with Crippen LogP contribution in [0, 0.1) is 11.3 Å². The highest BCUT2D eigenvalue weighted by Crippen LogP contribution is 1.91. The normalized spacial score (nSPS) is 8.73. The second-order valence-corrected chi connectivity index (χ2v) is 2.32. The number of nitriles is 1. The lowest BCUT2D eigenvalue weighted by Gasteiger charge is -2.00. The summed E-state index contributed by atoms with van der Waals surface area (Å²) in [4.78, 5) is 10.7. The first kappa shape index (κ1) is 9.96. The van der Waals surface area contributed by atoms with Gasteiger partial charge < -0.3 is 5.32 Å². The molecule has 0 unspecified atom stereocenters. The molecule has 0 aromatic heterocycles. The van der Waals surface area contributed by atoms with Crippen LogP contribution in [0.1, 0.15) is 32.6 Å². The Balaban J connectivity index is 3.03. The van der Waals surface area contributed by atoms with Crippen LogP contribution in [0.25, 0.3) is 0 Å². The third kappa shape index (κ3) is 6.85. The summed E-state index contributed by atoms with van der Waals surface area (Å²) in [5.74, 6) is 0.0851. The molecule has 1 N–H and O–H groups in total. The summed E-state index contributed by atoms with van der Waals surface area (Å²) in [5.41, 5.74) is 0. The monoisotopic (exact) mass is 154 g/mol. The third-order valence-corrected chi connectivity index (χ3v) is 1.36. The fourth-order valence-electron chi connectivity index (χ4n) is 0.682. The summed E-state index contributed by atoms with van der Waals surface area (Å²) in [7, 11) is 0. The zero-order chi connectivity index (χ0) is 8.53. The van der Waals surface area contributed by atoms with E-state index >= 15 is 0 Å². The molecule has 3 nitrogen and oxygen atoms in total. The van der Waals surface area contributed by atoms with Gasteiger partial charge in [-0.2, -0.15) is 5.26 Å². The molecule has 0 rings (SSSR count). The lowest BCUT2D eigenvalue weighted by Crippen LogP contribution is -2.22. The zero-order valence-corrected chi connectivity index (χ0v) is 6.89. The van der Waals surface area contributed by atoms with Crippen LogP contribution in [0.3, 0.4) is 0 Å². The molecule has 0 bridgehead atoms. The lowest BCUT2D eigenvalue weighted by atomic mass is 10.2. The minimum atomic E-state index is 0.0851. The van der Waals surface area contributed by atoms with Gasteiger partial charge >= 0.3 is 0 Å². The number of rotatable bonds is 5. The fraction of sp³-hybridized carbons (Fsp3) is 0.750. The SMILES string of the molecule is CCC(=O)NCCCCC#N. The number of carbonyl (C=O) groups is 1. The number of carbonyl (C=O) groups excluding carboxylic acids is 1. The van der Waals surface area contributed by atoms with Crippen molar-refractivity contribution in [2.24, 2.45) is 0 Å². The summed E-state index contributed by atoms with van der Waals surface area (Å²) in [6.45, 7) is 2.53. The van der Waals surface area contributed by atoms with E-state index in [1.165, 1.54) is 0 Å². The first-order valence-electron chi connectivity index (χ1n) is 3.95. The molecule has 0 aromatic carbocycles. The van der Waals surface area contributed by atoms with E-state index < -0.39 is 0 Å². The molecule has 0 radical (unpaired) electrons. The quantitative estimate of drug-likeness (QED) is 0.605. The van der Waals surface area contributed by atoms with Gasteiger partial charge in [0.2, 0.25) is 5.91 Å². The predicted molar refractivity (Wildman–Crippen MR) is 42.8 cm³/mol. The minimum absolute atomic E-state index is 0.0851. The first-order chi connectivity index (χ1) is 5.31. The topological polar surface area (TPSA) is 52.9 Å². The van der Waals surface area contributed by atoms with Gasteiger partial charge in [-0.15, -0.1) is 0 Å². The van der Waals surface area contributed by atoms with Crippen LogP contribution in [0.15, 0.2) is 0 Å².